The number of aromatic nitrogens is 2. The molecular formula is C15H11N3O4S. The summed E-state index contributed by atoms with van der Waals surface area (Å²) in [4.78, 5) is 40.3. The van der Waals surface area contributed by atoms with Gasteiger partial charge < -0.3 is 10.4 Å². The normalized spacial score (nSPS) is 10.7. The zero-order valence-corrected chi connectivity index (χ0v) is 12.8. The molecular weight excluding hydrogens is 318 g/mol. The van der Waals surface area contributed by atoms with Crippen LogP contribution in [0.2, 0.25) is 0 Å². The lowest BCUT2D eigenvalue weighted by molar-refractivity contribution is 0.0685. The van der Waals surface area contributed by atoms with Crippen molar-refractivity contribution in [1.29, 1.82) is 0 Å². The largest absolute Gasteiger partial charge is 0.477 e. The fourth-order valence-electron chi connectivity index (χ4n) is 2.09. The lowest BCUT2D eigenvalue weighted by Gasteiger charge is -2.04. The number of nitrogens with zero attached hydrogens (tertiary/aromatic N) is 2. The summed E-state index contributed by atoms with van der Waals surface area (Å²) in [5.74, 6) is -1.95. The number of anilines is 1. The minimum atomic E-state index is -1.36. The molecule has 0 atom stereocenters. The molecule has 2 N–H and O–H groups in total. The number of carboxylic acids is 1. The molecule has 0 aliphatic carbocycles. The van der Waals surface area contributed by atoms with Crippen LogP contribution in [0.5, 0.6) is 0 Å². The van der Waals surface area contributed by atoms with Crippen LogP contribution in [0.4, 0.5) is 5.69 Å². The van der Waals surface area contributed by atoms with E-state index in [1.54, 1.807) is 30.3 Å². The standard InChI is InChI=1S/C15H11N3O4S/c1-8-7-16-15-18(13(8)20)10(14(21)22)11(23-15)12(19)17-9-5-3-2-4-6-9/h2-7H,1H3,(H,17,19)(H,21,22). The third kappa shape index (κ3) is 2.59. The number of amides is 1. The van der Waals surface area contributed by atoms with E-state index in [0.29, 0.717) is 11.3 Å². The number of carbonyl (C=O) groups is 2. The molecule has 0 unspecified atom stereocenters. The molecule has 7 nitrogen and oxygen atoms in total. The van der Waals surface area contributed by atoms with Crippen LogP contribution in [-0.4, -0.2) is 26.4 Å². The highest BCUT2D eigenvalue weighted by atomic mass is 32.1. The van der Waals surface area contributed by atoms with Crippen molar-refractivity contribution in [2.24, 2.45) is 0 Å². The minimum absolute atomic E-state index is 0.0726. The van der Waals surface area contributed by atoms with Crippen LogP contribution in [0.1, 0.15) is 25.7 Å². The summed E-state index contributed by atoms with van der Waals surface area (Å²) in [6.45, 7) is 1.54. The molecule has 0 aliphatic heterocycles. The molecule has 0 radical (unpaired) electrons. The van der Waals surface area contributed by atoms with E-state index in [1.807, 2.05) is 0 Å². The second-order valence-electron chi connectivity index (χ2n) is 4.77. The third-order valence-corrected chi connectivity index (χ3v) is 4.23. The van der Waals surface area contributed by atoms with Gasteiger partial charge in [0.05, 0.1) is 0 Å². The molecule has 1 aromatic carbocycles. The third-order valence-electron chi connectivity index (χ3n) is 3.17. The van der Waals surface area contributed by atoms with E-state index in [0.717, 1.165) is 15.7 Å². The highest BCUT2D eigenvalue weighted by Gasteiger charge is 2.25. The summed E-state index contributed by atoms with van der Waals surface area (Å²) >= 11 is 0.861. The fourth-order valence-corrected chi connectivity index (χ4v) is 3.07. The Morgan fingerprint density at radius 3 is 2.61 bits per heavy atom. The Bertz CT molecular complexity index is 976. The molecule has 0 aliphatic rings. The molecule has 0 saturated carbocycles. The fraction of sp³-hybridized carbons (Fsp3) is 0.0667. The van der Waals surface area contributed by atoms with Gasteiger partial charge in [-0.25, -0.2) is 14.2 Å². The van der Waals surface area contributed by atoms with Crippen LogP contribution in [-0.2, 0) is 0 Å². The Kier molecular flexibility index (Phi) is 3.67. The van der Waals surface area contributed by atoms with Gasteiger partial charge in [0, 0.05) is 17.4 Å². The molecule has 3 rings (SSSR count). The average Bonchev–Trinajstić information content (AvgIpc) is 2.92. The van der Waals surface area contributed by atoms with Gasteiger partial charge in [0.1, 0.15) is 4.88 Å². The molecule has 1 amide bonds. The number of carboxylic acid groups (broad SMARTS) is 1. The predicted octanol–water partition coefficient (Wildman–Crippen LogP) is 2.01. The van der Waals surface area contributed by atoms with Gasteiger partial charge >= 0.3 is 5.97 Å². The topological polar surface area (TPSA) is 101 Å². The maximum Gasteiger partial charge on any atom is 0.354 e. The summed E-state index contributed by atoms with van der Waals surface area (Å²) in [7, 11) is 0. The Balaban J connectivity index is 2.16. The highest BCUT2D eigenvalue weighted by molar-refractivity contribution is 7.19. The summed E-state index contributed by atoms with van der Waals surface area (Å²) < 4.78 is 0.961. The van der Waals surface area contributed by atoms with Crippen molar-refractivity contribution in [1.82, 2.24) is 9.38 Å². The maximum atomic E-state index is 12.4. The first-order valence-corrected chi connectivity index (χ1v) is 7.41. The van der Waals surface area contributed by atoms with E-state index >= 15 is 0 Å². The first-order valence-electron chi connectivity index (χ1n) is 6.60. The molecule has 116 valence electrons. The van der Waals surface area contributed by atoms with Crippen molar-refractivity contribution in [3.05, 3.63) is 63.0 Å². The number of aromatic carboxylic acids is 1. The quantitative estimate of drug-likeness (QED) is 0.765. The molecule has 0 bridgehead atoms. The SMILES string of the molecule is Cc1cnc2sc(C(=O)Nc3ccccc3)c(C(=O)O)n2c1=O. The van der Waals surface area contributed by atoms with Crippen LogP contribution in [0.15, 0.2) is 41.3 Å². The van der Waals surface area contributed by atoms with Crippen molar-refractivity contribution >= 4 is 33.9 Å². The lowest BCUT2D eigenvalue weighted by atomic mass is 10.3. The zero-order valence-electron chi connectivity index (χ0n) is 11.9. The summed E-state index contributed by atoms with van der Waals surface area (Å²) in [6, 6.07) is 8.65. The van der Waals surface area contributed by atoms with Crippen molar-refractivity contribution < 1.29 is 14.7 Å². The summed E-state index contributed by atoms with van der Waals surface area (Å²) in [6.07, 6.45) is 1.36. The number of para-hydroxylation sites is 1. The highest BCUT2D eigenvalue weighted by Crippen LogP contribution is 2.22. The van der Waals surface area contributed by atoms with E-state index in [2.05, 4.69) is 10.3 Å². The lowest BCUT2D eigenvalue weighted by Crippen LogP contribution is -2.22. The second-order valence-corrected chi connectivity index (χ2v) is 5.75. The number of hydrogen-bond donors (Lipinski definition) is 2. The van der Waals surface area contributed by atoms with Crippen LogP contribution in [0.3, 0.4) is 0 Å². The predicted molar refractivity (Wildman–Crippen MR) is 85.4 cm³/mol. The number of hydrogen-bond acceptors (Lipinski definition) is 5. The van der Waals surface area contributed by atoms with Crippen molar-refractivity contribution in [3.8, 4) is 0 Å². The Labute approximate surface area is 133 Å². The molecule has 23 heavy (non-hydrogen) atoms. The molecule has 3 aromatic rings. The Morgan fingerprint density at radius 1 is 1.26 bits per heavy atom. The number of benzene rings is 1. The number of nitrogens with one attached hydrogen (secondary N) is 1. The molecule has 8 heteroatoms. The van der Waals surface area contributed by atoms with Crippen LogP contribution >= 0.6 is 11.3 Å². The minimum Gasteiger partial charge on any atom is -0.477 e. The number of carbonyl (C=O) groups excluding carboxylic acids is 1. The van der Waals surface area contributed by atoms with Gasteiger partial charge in [-0.1, -0.05) is 29.5 Å². The maximum absolute atomic E-state index is 12.4. The first-order chi connectivity index (χ1) is 11.0. The molecule has 0 fully saturated rings. The number of thiazole rings is 1. The van der Waals surface area contributed by atoms with Gasteiger partial charge in [-0.2, -0.15) is 0 Å². The van der Waals surface area contributed by atoms with E-state index in [-0.39, 0.29) is 15.5 Å². The van der Waals surface area contributed by atoms with Crippen molar-refractivity contribution in [2.45, 2.75) is 6.92 Å². The van der Waals surface area contributed by atoms with Crippen LogP contribution in [0, 0.1) is 6.92 Å². The second kappa shape index (κ2) is 5.65. The van der Waals surface area contributed by atoms with Crippen LogP contribution in [0.25, 0.3) is 4.96 Å². The molecule has 0 saturated heterocycles. The van der Waals surface area contributed by atoms with Gasteiger partial charge in [0.25, 0.3) is 11.5 Å². The summed E-state index contributed by atoms with van der Waals surface area (Å²) in [5, 5.41) is 12.0. The number of rotatable bonds is 3. The van der Waals surface area contributed by atoms with Crippen molar-refractivity contribution in [3.63, 3.8) is 0 Å². The first kappa shape index (κ1) is 14.9. The Morgan fingerprint density at radius 2 is 1.96 bits per heavy atom. The van der Waals surface area contributed by atoms with E-state index in [9.17, 15) is 19.5 Å². The zero-order chi connectivity index (χ0) is 16.6. The van der Waals surface area contributed by atoms with Gasteiger partial charge in [-0.3, -0.25) is 9.59 Å². The Hall–Kier alpha value is -3.00. The number of aryl methyl sites for hydroxylation is 1. The molecule has 2 heterocycles. The molecule has 2 aromatic heterocycles. The van der Waals surface area contributed by atoms with E-state index in [4.69, 9.17) is 0 Å². The van der Waals surface area contributed by atoms with Gasteiger partial charge in [-0.05, 0) is 19.1 Å². The van der Waals surface area contributed by atoms with Crippen molar-refractivity contribution in [2.75, 3.05) is 5.32 Å². The van der Waals surface area contributed by atoms with Gasteiger partial charge in [0.2, 0.25) is 0 Å². The smallest absolute Gasteiger partial charge is 0.354 e. The van der Waals surface area contributed by atoms with Gasteiger partial charge in [0.15, 0.2) is 10.7 Å². The summed E-state index contributed by atoms with van der Waals surface area (Å²) in [5.41, 5.74) is -0.0392. The molecule has 0 spiro atoms. The monoisotopic (exact) mass is 329 g/mol. The van der Waals surface area contributed by atoms with Crippen LogP contribution < -0.4 is 10.9 Å². The van der Waals surface area contributed by atoms with E-state index < -0.39 is 17.4 Å². The van der Waals surface area contributed by atoms with E-state index in [1.165, 1.54) is 13.1 Å². The average molecular weight is 329 g/mol. The number of fused-ring (bicyclic) bond motifs is 1. The van der Waals surface area contributed by atoms with Gasteiger partial charge in [-0.15, -0.1) is 0 Å².